The summed E-state index contributed by atoms with van der Waals surface area (Å²) in [5.41, 5.74) is 5.66. The quantitative estimate of drug-likeness (QED) is 0.640. The smallest absolute Gasteiger partial charge is 0.222 e. The molecular formula is C14H30N2O. The first-order chi connectivity index (χ1) is 8.19. The summed E-state index contributed by atoms with van der Waals surface area (Å²) in [6.07, 6.45) is 6.12. The monoisotopic (exact) mass is 242 g/mol. The van der Waals surface area contributed by atoms with Crippen LogP contribution in [0.15, 0.2) is 0 Å². The minimum atomic E-state index is 0.296. The highest BCUT2D eigenvalue weighted by atomic mass is 16.2. The summed E-state index contributed by atoms with van der Waals surface area (Å²) in [5, 5.41) is 0. The van der Waals surface area contributed by atoms with Crippen LogP contribution < -0.4 is 5.73 Å². The van der Waals surface area contributed by atoms with Crippen LogP contribution in [-0.4, -0.2) is 30.4 Å². The molecule has 3 heteroatoms. The highest BCUT2D eigenvalue weighted by Crippen LogP contribution is 2.10. The molecule has 0 bridgehead atoms. The fourth-order valence-electron chi connectivity index (χ4n) is 1.83. The molecule has 17 heavy (non-hydrogen) atoms. The maximum Gasteiger partial charge on any atom is 0.222 e. The Morgan fingerprint density at radius 3 is 2.00 bits per heavy atom. The van der Waals surface area contributed by atoms with E-state index >= 15 is 0 Å². The molecule has 0 radical (unpaired) electrons. The highest BCUT2D eigenvalue weighted by Gasteiger charge is 2.16. The van der Waals surface area contributed by atoms with Gasteiger partial charge in [0.05, 0.1) is 0 Å². The zero-order chi connectivity index (χ0) is 13.1. The van der Waals surface area contributed by atoms with Crippen LogP contribution >= 0.6 is 0 Å². The largest absolute Gasteiger partial charge is 0.343 e. The number of hydrogen-bond donors (Lipinski definition) is 1. The Labute approximate surface area is 107 Å². The third kappa shape index (κ3) is 7.37. The number of carbonyl (C=O) groups is 1. The number of rotatable bonds is 10. The van der Waals surface area contributed by atoms with Crippen LogP contribution in [-0.2, 0) is 4.79 Å². The summed E-state index contributed by atoms with van der Waals surface area (Å²) in [6, 6.07) is 0. The lowest BCUT2D eigenvalue weighted by molar-refractivity contribution is -0.132. The lowest BCUT2D eigenvalue weighted by atomic mass is 10.0. The van der Waals surface area contributed by atoms with Crippen LogP contribution in [0.3, 0.4) is 0 Å². The lowest BCUT2D eigenvalue weighted by Gasteiger charge is -2.24. The molecule has 0 heterocycles. The van der Waals surface area contributed by atoms with Gasteiger partial charge in [0.1, 0.15) is 0 Å². The zero-order valence-electron chi connectivity index (χ0n) is 11.9. The second-order valence-electron chi connectivity index (χ2n) is 4.80. The van der Waals surface area contributed by atoms with Gasteiger partial charge in [-0.25, -0.2) is 0 Å². The molecule has 0 saturated heterocycles. The Morgan fingerprint density at radius 1 is 1.12 bits per heavy atom. The maximum atomic E-state index is 12.2. The van der Waals surface area contributed by atoms with Gasteiger partial charge in [-0.1, -0.05) is 40.0 Å². The van der Waals surface area contributed by atoms with Gasteiger partial charge >= 0.3 is 0 Å². The van der Waals surface area contributed by atoms with Crippen molar-refractivity contribution in [3.63, 3.8) is 0 Å². The van der Waals surface area contributed by atoms with Gasteiger partial charge in [-0.05, 0) is 25.3 Å². The van der Waals surface area contributed by atoms with Crippen LogP contribution in [0, 0.1) is 5.92 Å². The van der Waals surface area contributed by atoms with Crippen LogP contribution in [0.2, 0.25) is 0 Å². The average molecular weight is 242 g/mol. The van der Waals surface area contributed by atoms with Gasteiger partial charge in [0.2, 0.25) is 5.91 Å². The molecule has 1 unspecified atom stereocenters. The molecule has 0 spiro atoms. The molecule has 0 saturated carbocycles. The highest BCUT2D eigenvalue weighted by molar-refractivity contribution is 5.76. The first-order valence-corrected chi connectivity index (χ1v) is 7.17. The zero-order valence-corrected chi connectivity index (χ0v) is 11.9. The maximum absolute atomic E-state index is 12.2. The summed E-state index contributed by atoms with van der Waals surface area (Å²) in [4.78, 5) is 14.2. The van der Waals surface area contributed by atoms with Crippen molar-refractivity contribution in [2.24, 2.45) is 11.7 Å². The number of carbonyl (C=O) groups excluding carboxylic acids is 1. The summed E-state index contributed by atoms with van der Waals surface area (Å²) in [7, 11) is 0. The molecule has 0 aromatic carbocycles. The van der Waals surface area contributed by atoms with Gasteiger partial charge in [0, 0.05) is 19.5 Å². The van der Waals surface area contributed by atoms with Crippen LogP contribution in [0.4, 0.5) is 0 Å². The van der Waals surface area contributed by atoms with Crippen molar-refractivity contribution < 1.29 is 4.79 Å². The standard InChI is InChI=1S/C14H30N2O/c1-4-7-9-16(10-8-5-2)14(17)11-13(6-3)12-15/h13H,4-12,15H2,1-3H3. The van der Waals surface area contributed by atoms with Crippen LogP contribution in [0.5, 0.6) is 0 Å². The minimum absolute atomic E-state index is 0.296. The van der Waals surface area contributed by atoms with Gasteiger partial charge in [-0.15, -0.1) is 0 Å². The van der Waals surface area contributed by atoms with Crippen molar-refractivity contribution >= 4 is 5.91 Å². The van der Waals surface area contributed by atoms with Crippen molar-refractivity contribution in [1.82, 2.24) is 4.90 Å². The van der Waals surface area contributed by atoms with Crippen molar-refractivity contribution in [3.05, 3.63) is 0 Å². The van der Waals surface area contributed by atoms with Gasteiger partial charge in [0.15, 0.2) is 0 Å². The minimum Gasteiger partial charge on any atom is -0.343 e. The first-order valence-electron chi connectivity index (χ1n) is 7.17. The third-order valence-electron chi connectivity index (χ3n) is 3.29. The molecule has 0 aliphatic heterocycles. The number of nitrogens with two attached hydrogens (primary N) is 1. The molecule has 1 atom stereocenters. The number of amides is 1. The SMILES string of the molecule is CCCCN(CCCC)C(=O)CC(CC)CN. The molecular weight excluding hydrogens is 212 g/mol. The second kappa shape index (κ2) is 10.6. The Hall–Kier alpha value is -0.570. The first kappa shape index (κ1) is 16.4. The Bertz CT molecular complexity index is 183. The van der Waals surface area contributed by atoms with E-state index in [1.54, 1.807) is 0 Å². The van der Waals surface area contributed by atoms with Crippen molar-refractivity contribution in [2.75, 3.05) is 19.6 Å². The van der Waals surface area contributed by atoms with Crippen molar-refractivity contribution in [2.45, 2.75) is 59.3 Å². The second-order valence-corrected chi connectivity index (χ2v) is 4.80. The van der Waals surface area contributed by atoms with Crippen molar-refractivity contribution in [1.29, 1.82) is 0 Å². The van der Waals surface area contributed by atoms with E-state index in [1.165, 1.54) is 0 Å². The van der Waals surface area contributed by atoms with Gasteiger partial charge < -0.3 is 10.6 Å². The molecule has 102 valence electrons. The summed E-state index contributed by atoms with van der Waals surface area (Å²) in [5.74, 6) is 0.650. The van der Waals surface area contributed by atoms with E-state index in [2.05, 4.69) is 20.8 Å². The van der Waals surface area contributed by atoms with E-state index in [-0.39, 0.29) is 0 Å². The molecule has 0 aromatic rings. The van der Waals surface area contributed by atoms with Crippen LogP contribution in [0.1, 0.15) is 59.3 Å². The number of unbranched alkanes of at least 4 members (excludes halogenated alkanes) is 2. The molecule has 0 aliphatic carbocycles. The normalized spacial score (nSPS) is 12.5. The summed E-state index contributed by atoms with van der Waals surface area (Å²) in [6.45, 7) is 8.88. The van der Waals surface area contributed by atoms with E-state index < -0.39 is 0 Å². The van der Waals surface area contributed by atoms with E-state index in [0.717, 1.165) is 45.2 Å². The summed E-state index contributed by atoms with van der Waals surface area (Å²) >= 11 is 0. The van der Waals surface area contributed by atoms with Gasteiger partial charge in [-0.3, -0.25) is 4.79 Å². The predicted octanol–water partition coefficient (Wildman–Crippen LogP) is 2.79. The van der Waals surface area contributed by atoms with Gasteiger partial charge in [0.25, 0.3) is 0 Å². The fraction of sp³-hybridized carbons (Fsp3) is 0.929. The van der Waals surface area contributed by atoms with E-state index in [1.807, 2.05) is 4.90 Å². The molecule has 0 rings (SSSR count). The molecule has 3 nitrogen and oxygen atoms in total. The third-order valence-corrected chi connectivity index (χ3v) is 3.29. The Morgan fingerprint density at radius 2 is 1.65 bits per heavy atom. The molecule has 2 N–H and O–H groups in total. The fourth-order valence-corrected chi connectivity index (χ4v) is 1.83. The Balaban J connectivity index is 4.19. The van der Waals surface area contributed by atoms with E-state index in [4.69, 9.17) is 5.73 Å². The Kier molecular flexibility index (Phi) is 10.2. The predicted molar refractivity (Wildman–Crippen MR) is 73.8 cm³/mol. The van der Waals surface area contributed by atoms with E-state index in [9.17, 15) is 4.79 Å². The molecule has 0 fully saturated rings. The van der Waals surface area contributed by atoms with E-state index in [0.29, 0.717) is 24.8 Å². The summed E-state index contributed by atoms with van der Waals surface area (Å²) < 4.78 is 0. The molecule has 0 aromatic heterocycles. The van der Waals surface area contributed by atoms with Crippen molar-refractivity contribution in [3.8, 4) is 0 Å². The molecule has 0 aliphatic rings. The average Bonchev–Trinajstić information content (AvgIpc) is 2.35. The van der Waals surface area contributed by atoms with Gasteiger partial charge in [-0.2, -0.15) is 0 Å². The molecule has 1 amide bonds. The lowest BCUT2D eigenvalue weighted by Crippen LogP contribution is -2.35. The number of hydrogen-bond acceptors (Lipinski definition) is 2. The topological polar surface area (TPSA) is 46.3 Å². The van der Waals surface area contributed by atoms with Crippen LogP contribution in [0.25, 0.3) is 0 Å². The number of nitrogens with zero attached hydrogens (tertiary/aromatic N) is 1.